The molecule has 0 unspecified atom stereocenters. The van der Waals surface area contributed by atoms with Crippen LogP contribution in [0.25, 0.3) is 0 Å². The summed E-state index contributed by atoms with van der Waals surface area (Å²) in [5, 5.41) is 8.93. The number of H-pyrrole nitrogens is 1. The summed E-state index contributed by atoms with van der Waals surface area (Å²) >= 11 is 0. The fourth-order valence-electron chi connectivity index (χ4n) is 1.78. The summed E-state index contributed by atoms with van der Waals surface area (Å²) < 4.78 is 37.6. The Balaban J connectivity index is 1.85. The van der Waals surface area contributed by atoms with Crippen molar-refractivity contribution in [1.82, 2.24) is 20.5 Å². The van der Waals surface area contributed by atoms with E-state index >= 15 is 0 Å². The topological polar surface area (TPSA) is 70.7 Å². The van der Waals surface area contributed by atoms with Gasteiger partial charge in [0.05, 0.1) is 12.0 Å². The number of alkyl halides is 3. The summed E-state index contributed by atoms with van der Waals surface area (Å²) in [6.07, 6.45) is -2.66. The number of aromatic nitrogens is 3. The van der Waals surface area contributed by atoms with E-state index in [9.17, 15) is 18.0 Å². The van der Waals surface area contributed by atoms with Gasteiger partial charge in [0.15, 0.2) is 0 Å². The normalized spacial score (nSPS) is 11.4. The zero-order valence-electron chi connectivity index (χ0n) is 10.9. The van der Waals surface area contributed by atoms with Crippen LogP contribution in [0.5, 0.6) is 0 Å². The van der Waals surface area contributed by atoms with Crippen molar-refractivity contribution in [3.8, 4) is 0 Å². The molecule has 0 atom stereocenters. The molecular formula is C13H13F3N4O. The van der Waals surface area contributed by atoms with E-state index in [1.165, 1.54) is 18.5 Å². The van der Waals surface area contributed by atoms with Crippen LogP contribution in [0.1, 0.15) is 17.0 Å². The Morgan fingerprint density at radius 3 is 2.81 bits per heavy atom. The molecule has 0 aliphatic rings. The number of carbonyl (C=O) groups is 1. The van der Waals surface area contributed by atoms with Crippen molar-refractivity contribution in [1.29, 1.82) is 0 Å². The minimum absolute atomic E-state index is 0.0969. The summed E-state index contributed by atoms with van der Waals surface area (Å²) in [7, 11) is 0. The molecule has 112 valence electrons. The van der Waals surface area contributed by atoms with E-state index < -0.39 is 11.7 Å². The van der Waals surface area contributed by atoms with Crippen LogP contribution in [0.15, 0.2) is 30.6 Å². The number of hydrogen-bond acceptors (Lipinski definition) is 3. The van der Waals surface area contributed by atoms with Gasteiger partial charge < -0.3 is 5.32 Å². The van der Waals surface area contributed by atoms with Gasteiger partial charge in [-0.25, -0.2) is 4.98 Å². The minimum atomic E-state index is -4.40. The molecule has 1 aromatic carbocycles. The smallest absolute Gasteiger partial charge is 0.355 e. The highest BCUT2D eigenvalue weighted by Gasteiger charge is 2.30. The maximum absolute atomic E-state index is 12.5. The van der Waals surface area contributed by atoms with Gasteiger partial charge in [0, 0.05) is 13.0 Å². The first-order valence-corrected chi connectivity index (χ1v) is 6.22. The van der Waals surface area contributed by atoms with Gasteiger partial charge in [-0.3, -0.25) is 9.89 Å². The van der Waals surface area contributed by atoms with Gasteiger partial charge in [-0.1, -0.05) is 18.2 Å². The highest BCUT2D eigenvalue weighted by Crippen LogP contribution is 2.29. The van der Waals surface area contributed by atoms with Crippen molar-refractivity contribution in [2.24, 2.45) is 0 Å². The second-order valence-electron chi connectivity index (χ2n) is 4.41. The Labute approximate surface area is 118 Å². The number of hydrogen-bond donors (Lipinski definition) is 2. The van der Waals surface area contributed by atoms with Crippen molar-refractivity contribution < 1.29 is 18.0 Å². The van der Waals surface area contributed by atoms with Gasteiger partial charge in [-0.15, -0.1) is 0 Å². The number of carbonyl (C=O) groups excluding carboxylic acids is 1. The Hall–Kier alpha value is -2.38. The Morgan fingerprint density at radius 1 is 1.33 bits per heavy atom. The molecule has 8 heteroatoms. The van der Waals surface area contributed by atoms with Crippen molar-refractivity contribution in [2.45, 2.75) is 19.0 Å². The molecule has 2 aromatic rings. The molecule has 0 bridgehead atoms. The molecule has 0 aliphatic carbocycles. The van der Waals surface area contributed by atoms with E-state index in [1.54, 1.807) is 0 Å². The predicted molar refractivity (Wildman–Crippen MR) is 68.2 cm³/mol. The Morgan fingerprint density at radius 2 is 2.14 bits per heavy atom. The van der Waals surface area contributed by atoms with E-state index in [-0.39, 0.29) is 12.3 Å². The SMILES string of the molecule is O=C(Cc1cccc(C(F)(F)F)c1)NCCc1ncn[nH]1. The van der Waals surface area contributed by atoms with Gasteiger partial charge in [0.25, 0.3) is 0 Å². The molecule has 2 rings (SSSR count). The number of aromatic amines is 1. The summed E-state index contributed by atoms with van der Waals surface area (Å²) in [5.41, 5.74) is -0.434. The molecule has 1 amide bonds. The standard InChI is InChI=1S/C13H13F3N4O/c14-13(15,16)10-3-1-2-9(6-10)7-12(21)17-5-4-11-18-8-19-20-11/h1-3,6,8H,4-5,7H2,(H,17,21)(H,18,19,20). The number of nitrogens with zero attached hydrogens (tertiary/aromatic N) is 2. The highest BCUT2D eigenvalue weighted by atomic mass is 19.4. The van der Waals surface area contributed by atoms with E-state index in [4.69, 9.17) is 0 Å². The van der Waals surface area contributed by atoms with Crippen molar-refractivity contribution >= 4 is 5.91 Å². The molecule has 1 aromatic heterocycles. The number of halogens is 3. The third kappa shape index (κ3) is 4.59. The molecule has 2 N–H and O–H groups in total. The summed E-state index contributed by atoms with van der Waals surface area (Å²) in [6.45, 7) is 0.340. The lowest BCUT2D eigenvalue weighted by atomic mass is 10.1. The van der Waals surface area contributed by atoms with Crippen LogP contribution in [0, 0.1) is 0 Å². The molecule has 0 fully saturated rings. The molecule has 0 saturated carbocycles. The van der Waals surface area contributed by atoms with Crippen LogP contribution < -0.4 is 5.32 Å². The third-order valence-electron chi connectivity index (χ3n) is 2.77. The molecule has 0 aliphatic heterocycles. The molecular weight excluding hydrogens is 285 g/mol. The average Bonchev–Trinajstić information content (AvgIpc) is 2.91. The second-order valence-corrected chi connectivity index (χ2v) is 4.41. The van der Waals surface area contributed by atoms with E-state index in [0.29, 0.717) is 24.4 Å². The van der Waals surface area contributed by atoms with Crippen molar-refractivity contribution in [3.63, 3.8) is 0 Å². The van der Waals surface area contributed by atoms with Gasteiger partial charge >= 0.3 is 6.18 Å². The van der Waals surface area contributed by atoms with Gasteiger partial charge in [-0.05, 0) is 11.6 Å². The van der Waals surface area contributed by atoms with Gasteiger partial charge in [0.1, 0.15) is 12.2 Å². The minimum Gasteiger partial charge on any atom is -0.355 e. The molecule has 5 nitrogen and oxygen atoms in total. The van der Waals surface area contributed by atoms with E-state index in [0.717, 1.165) is 12.1 Å². The first kappa shape index (κ1) is 15.0. The largest absolute Gasteiger partial charge is 0.416 e. The van der Waals surface area contributed by atoms with Crippen LogP contribution in [0.2, 0.25) is 0 Å². The molecule has 0 radical (unpaired) electrons. The fourth-order valence-corrected chi connectivity index (χ4v) is 1.78. The van der Waals surface area contributed by atoms with Crippen LogP contribution in [-0.4, -0.2) is 27.6 Å². The zero-order valence-corrected chi connectivity index (χ0v) is 10.9. The molecule has 1 heterocycles. The first-order chi connectivity index (χ1) is 9.95. The monoisotopic (exact) mass is 298 g/mol. The average molecular weight is 298 g/mol. The second kappa shape index (κ2) is 6.38. The lowest BCUT2D eigenvalue weighted by Crippen LogP contribution is -2.27. The number of rotatable bonds is 5. The third-order valence-corrected chi connectivity index (χ3v) is 2.77. The molecule has 0 saturated heterocycles. The number of amides is 1. The first-order valence-electron chi connectivity index (χ1n) is 6.22. The maximum Gasteiger partial charge on any atom is 0.416 e. The predicted octanol–water partition coefficient (Wildman–Crippen LogP) is 1.72. The van der Waals surface area contributed by atoms with Crippen LogP contribution >= 0.6 is 0 Å². The van der Waals surface area contributed by atoms with Crippen molar-refractivity contribution in [3.05, 3.63) is 47.5 Å². The highest BCUT2D eigenvalue weighted by molar-refractivity contribution is 5.78. The number of nitrogens with one attached hydrogen (secondary N) is 2. The van der Waals surface area contributed by atoms with Crippen LogP contribution in [0.3, 0.4) is 0 Å². The van der Waals surface area contributed by atoms with E-state index in [1.807, 2.05) is 0 Å². The number of benzene rings is 1. The summed E-state index contributed by atoms with van der Waals surface area (Å²) in [4.78, 5) is 15.6. The van der Waals surface area contributed by atoms with Gasteiger partial charge in [0.2, 0.25) is 5.91 Å². The Kier molecular flexibility index (Phi) is 4.56. The lowest BCUT2D eigenvalue weighted by Gasteiger charge is -2.09. The van der Waals surface area contributed by atoms with Crippen molar-refractivity contribution in [2.75, 3.05) is 6.54 Å². The van der Waals surface area contributed by atoms with Crippen LogP contribution in [-0.2, 0) is 23.8 Å². The lowest BCUT2D eigenvalue weighted by molar-refractivity contribution is -0.137. The summed E-state index contributed by atoms with van der Waals surface area (Å²) in [5.74, 6) is 0.295. The molecule has 0 spiro atoms. The Bertz CT molecular complexity index is 596. The fraction of sp³-hybridized carbons (Fsp3) is 0.308. The zero-order chi connectivity index (χ0) is 15.3. The maximum atomic E-state index is 12.5. The molecule has 21 heavy (non-hydrogen) atoms. The summed E-state index contributed by atoms with van der Waals surface area (Å²) in [6, 6.07) is 4.74. The van der Waals surface area contributed by atoms with E-state index in [2.05, 4.69) is 20.5 Å². The quantitative estimate of drug-likeness (QED) is 0.883. The van der Waals surface area contributed by atoms with Crippen LogP contribution in [0.4, 0.5) is 13.2 Å². The van der Waals surface area contributed by atoms with Gasteiger partial charge in [-0.2, -0.15) is 18.3 Å².